The molecule has 0 spiro atoms. The van der Waals surface area contributed by atoms with Crippen LogP contribution in [0.15, 0.2) is 0 Å². The summed E-state index contributed by atoms with van der Waals surface area (Å²) in [5.74, 6) is 4.33. The molecule has 5 heteroatoms. The number of rotatable bonds is 1. The zero-order valence-corrected chi connectivity index (χ0v) is 8.52. The fourth-order valence-corrected chi connectivity index (χ4v) is 1.59. The second-order valence-electron chi connectivity index (χ2n) is 3.27. The molecule has 0 aliphatic carbocycles. The molecule has 0 bridgehead atoms. The van der Waals surface area contributed by atoms with Crippen molar-refractivity contribution in [2.75, 3.05) is 13.7 Å². The lowest BCUT2D eigenvalue weighted by atomic mass is 10.1. The van der Waals surface area contributed by atoms with E-state index in [1.165, 1.54) is 12.0 Å². The SMILES string of the molecule is COC(=O)C#CC[C@@H]1CCCN1C(=O)O. The Bertz CT molecular complexity index is 315. The summed E-state index contributed by atoms with van der Waals surface area (Å²) in [7, 11) is 1.26. The van der Waals surface area contributed by atoms with E-state index in [1.807, 2.05) is 0 Å². The summed E-state index contributed by atoms with van der Waals surface area (Å²) in [6, 6.07) is -0.0837. The first-order valence-corrected chi connectivity index (χ1v) is 4.71. The third-order valence-electron chi connectivity index (χ3n) is 2.34. The Morgan fingerprint density at radius 3 is 2.93 bits per heavy atom. The highest BCUT2D eigenvalue weighted by molar-refractivity contribution is 5.88. The number of carbonyl (C=O) groups is 2. The zero-order chi connectivity index (χ0) is 11.3. The van der Waals surface area contributed by atoms with Gasteiger partial charge in [-0.15, -0.1) is 0 Å². The van der Waals surface area contributed by atoms with Crippen LogP contribution in [-0.2, 0) is 9.53 Å². The molecule has 1 aliphatic heterocycles. The van der Waals surface area contributed by atoms with Crippen LogP contribution in [0.5, 0.6) is 0 Å². The first-order valence-electron chi connectivity index (χ1n) is 4.71. The van der Waals surface area contributed by atoms with Crippen molar-refractivity contribution in [3.63, 3.8) is 0 Å². The van der Waals surface area contributed by atoms with E-state index < -0.39 is 12.1 Å². The Morgan fingerprint density at radius 2 is 2.33 bits per heavy atom. The fourth-order valence-electron chi connectivity index (χ4n) is 1.59. The molecule has 1 saturated heterocycles. The molecule has 1 atom stereocenters. The van der Waals surface area contributed by atoms with Crippen LogP contribution >= 0.6 is 0 Å². The topological polar surface area (TPSA) is 66.8 Å². The van der Waals surface area contributed by atoms with Gasteiger partial charge in [-0.1, -0.05) is 5.92 Å². The molecule has 15 heavy (non-hydrogen) atoms. The van der Waals surface area contributed by atoms with Crippen LogP contribution in [0.1, 0.15) is 19.3 Å². The molecule has 0 unspecified atom stereocenters. The van der Waals surface area contributed by atoms with Crippen LogP contribution in [-0.4, -0.2) is 41.8 Å². The lowest BCUT2D eigenvalue weighted by Gasteiger charge is -2.18. The summed E-state index contributed by atoms with van der Waals surface area (Å²) < 4.78 is 4.35. The van der Waals surface area contributed by atoms with Crippen molar-refractivity contribution in [1.82, 2.24) is 4.90 Å². The number of amides is 1. The van der Waals surface area contributed by atoms with Crippen LogP contribution in [0, 0.1) is 11.8 Å². The number of esters is 1. The highest BCUT2D eigenvalue weighted by atomic mass is 16.5. The quantitative estimate of drug-likeness (QED) is 0.394. The summed E-state index contributed by atoms with van der Waals surface area (Å²) in [6.45, 7) is 0.555. The van der Waals surface area contributed by atoms with E-state index in [2.05, 4.69) is 16.6 Å². The molecule has 1 aliphatic rings. The molecule has 0 saturated carbocycles. The smallest absolute Gasteiger partial charge is 0.407 e. The maximum atomic E-state index is 10.8. The van der Waals surface area contributed by atoms with Crippen molar-refractivity contribution in [1.29, 1.82) is 0 Å². The number of carboxylic acid groups (broad SMARTS) is 1. The molecular weight excluding hydrogens is 198 g/mol. The third-order valence-corrected chi connectivity index (χ3v) is 2.34. The van der Waals surface area contributed by atoms with Crippen LogP contribution < -0.4 is 0 Å². The van der Waals surface area contributed by atoms with E-state index in [0.717, 1.165) is 12.8 Å². The van der Waals surface area contributed by atoms with Gasteiger partial charge in [-0.3, -0.25) is 0 Å². The Kier molecular flexibility index (Phi) is 3.98. The van der Waals surface area contributed by atoms with Crippen molar-refractivity contribution >= 4 is 12.1 Å². The van der Waals surface area contributed by atoms with Gasteiger partial charge in [-0.05, 0) is 12.8 Å². The second-order valence-corrected chi connectivity index (χ2v) is 3.27. The fraction of sp³-hybridized carbons (Fsp3) is 0.600. The Morgan fingerprint density at radius 1 is 1.60 bits per heavy atom. The summed E-state index contributed by atoms with van der Waals surface area (Å²) >= 11 is 0. The first-order chi connectivity index (χ1) is 7.15. The highest BCUT2D eigenvalue weighted by Gasteiger charge is 2.27. The number of methoxy groups -OCH3 is 1. The average Bonchev–Trinajstić information content (AvgIpc) is 2.65. The maximum absolute atomic E-state index is 10.8. The number of carbonyl (C=O) groups excluding carboxylic acids is 1. The van der Waals surface area contributed by atoms with Crippen molar-refractivity contribution in [2.45, 2.75) is 25.3 Å². The van der Waals surface area contributed by atoms with Gasteiger partial charge in [0.25, 0.3) is 0 Å². The van der Waals surface area contributed by atoms with E-state index in [9.17, 15) is 9.59 Å². The van der Waals surface area contributed by atoms with Crippen molar-refractivity contribution in [2.24, 2.45) is 0 Å². The molecule has 1 amide bonds. The average molecular weight is 211 g/mol. The predicted molar refractivity (Wildman–Crippen MR) is 52.2 cm³/mol. The third kappa shape index (κ3) is 3.17. The number of ether oxygens (including phenoxy) is 1. The minimum Gasteiger partial charge on any atom is -0.465 e. The molecule has 1 rings (SSSR count). The normalized spacial score (nSPS) is 19.3. The van der Waals surface area contributed by atoms with Gasteiger partial charge in [-0.2, -0.15) is 0 Å². The first kappa shape index (κ1) is 11.4. The molecule has 0 aromatic heterocycles. The van der Waals surface area contributed by atoms with Gasteiger partial charge in [0.05, 0.1) is 7.11 Å². The standard InChI is InChI=1S/C10H13NO4/c1-15-9(12)6-2-4-8-5-3-7-11(8)10(13)14/h8H,3-5,7H2,1H3,(H,13,14)/t8-/m1/s1. The van der Waals surface area contributed by atoms with Crippen molar-refractivity contribution in [3.8, 4) is 11.8 Å². The predicted octanol–water partition coefficient (Wildman–Crippen LogP) is 0.695. The second kappa shape index (κ2) is 5.25. The number of likely N-dealkylation sites (tertiary alicyclic amines) is 1. The number of nitrogens with zero attached hydrogens (tertiary/aromatic N) is 1. The highest BCUT2D eigenvalue weighted by Crippen LogP contribution is 2.19. The van der Waals surface area contributed by atoms with Gasteiger partial charge in [0.1, 0.15) is 0 Å². The van der Waals surface area contributed by atoms with Crippen LogP contribution in [0.4, 0.5) is 4.79 Å². The Balaban J connectivity index is 2.46. The maximum Gasteiger partial charge on any atom is 0.407 e. The monoisotopic (exact) mass is 211 g/mol. The molecule has 1 N–H and O–H groups in total. The van der Waals surface area contributed by atoms with Crippen LogP contribution in [0.3, 0.4) is 0 Å². The lowest BCUT2D eigenvalue weighted by Crippen LogP contribution is -2.33. The van der Waals surface area contributed by atoms with E-state index in [1.54, 1.807) is 0 Å². The van der Waals surface area contributed by atoms with Gasteiger partial charge < -0.3 is 14.7 Å². The molecule has 1 fully saturated rings. The molecular formula is C10H13NO4. The molecule has 5 nitrogen and oxygen atoms in total. The zero-order valence-electron chi connectivity index (χ0n) is 8.52. The van der Waals surface area contributed by atoms with Gasteiger partial charge in [0.15, 0.2) is 0 Å². The van der Waals surface area contributed by atoms with E-state index >= 15 is 0 Å². The van der Waals surface area contributed by atoms with Crippen molar-refractivity contribution < 1.29 is 19.4 Å². The summed E-state index contributed by atoms with van der Waals surface area (Å²) in [4.78, 5) is 22.8. The Hall–Kier alpha value is -1.70. The number of hydrogen-bond donors (Lipinski definition) is 1. The van der Waals surface area contributed by atoms with Gasteiger partial charge in [-0.25, -0.2) is 9.59 Å². The van der Waals surface area contributed by atoms with Crippen LogP contribution in [0.25, 0.3) is 0 Å². The lowest BCUT2D eigenvalue weighted by molar-refractivity contribution is -0.133. The minimum absolute atomic E-state index is 0.0837. The van der Waals surface area contributed by atoms with E-state index in [0.29, 0.717) is 13.0 Å². The van der Waals surface area contributed by atoms with Crippen LogP contribution in [0.2, 0.25) is 0 Å². The molecule has 0 radical (unpaired) electrons. The molecule has 1 heterocycles. The largest absolute Gasteiger partial charge is 0.465 e. The van der Waals surface area contributed by atoms with Crippen molar-refractivity contribution in [3.05, 3.63) is 0 Å². The van der Waals surface area contributed by atoms with Gasteiger partial charge in [0.2, 0.25) is 0 Å². The summed E-state index contributed by atoms with van der Waals surface area (Å²) in [5, 5.41) is 8.82. The molecule has 0 aromatic carbocycles. The van der Waals surface area contributed by atoms with Gasteiger partial charge in [0, 0.05) is 24.9 Å². The summed E-state index contributed by atoms with van der Waals surface area (Å²) in [6.07, 6.45) is 1.14. The summed E-state index contributed by atoms with van der Waals surface area (Å²) in [5.41, 5.74) is 0. The molecule has 0 aromatic rings. The van der Waals surface area contributed by atoms with Gasteiger partial charge >= 0.3 is 12.1 Å². The minimum atomic E-state index is -0.919. The van der Waals surface area contributed by atoms with E-state index in [-0.39, 0.29) is 6.04 Å². The Labute approximate surface area is 88.0 Å². The number of hydrogen-bond acceptors (Lipinski definition) is 3. The van der Waals surface area contributed by atoms with E-state index in [4.69, 9.17) is 5.11 Å². The molecule has 82 valence electrons.